The zero-order valence-corrected chi connectivity index (χ0v) is 8.77. The summed E-state index contributed by atoms with van der Waals surface area (Å²) in [6.45, 7) is 0. The number of nitrogens with two attached hydrogens (primary N) is 1. The molecule has 0 amide bonds. The third kappa shape index (κ3) is 2.26. The van der Waals surface area contributed by atoms with E-state index in [0.717, 1.165) is 0 Å². The lowest BCUT2D eigenvalue weighted by molar-refractivity contribution is 0.597. The minimum absolute atomic E-state index is 0.0112. The van der Waals surface area contributed by atoms with Gasteiger partial charge in [-0.05, 0) is 12.1 Å². The van der Waals surface area contributed by atoms with Gasteiger partial charge >= 0.3 is 0 Å². The molecular formula is C9H8ClNO2S. The van der Waals surface area contributed by atoms with Crippen molar-refractivity contribution in [2.24, 2.45) is 5.14 Å². The van der Waals surface area contributed by atoms with Crippen molar-refractivity contribution < 1.29 is 8.42 Å². The topological polar surface area (TPSA) is 60.2 Å². The summed E-state index contributed by atoms with van der Waals surface area (Å²) in [5, 5.41) is 5.32. The summed E-state index contributed by atoms with van der Waals surface area (Å²) in [5.74, 6) is 2.33. The molecule has 0 aliphatic rings. The lowest BCUT2D eigenvalue weighted by Gasteiger charge is -2.06. The molecule has 0 radical (unpaired) electrons. The number of hydrogen-bond donors (Lipinski definition) is 1. The second-order valence-electron chi connectivity index (χ2n) is 2.64. The van der Waals surface area contributed by atoms with Gasteiger partial charge in [-0.15, -0.1) is 12.3 Å². The number of hydrogen-bond acceptors (Lipinski definition) is 2. The van der Waals surface area contributed by atoms with E-state index in [9.17, 15) is 8.42 Å². The number of terminal acetylenes is 1. The van der Waals surface area contributed by atoms with E-state index in [2.05, 4.69) is 5.92 Å². The number of benzene rings is 1. The molecule has 0 spiro atoms. The largest absolute Gasteiger partial charge is 0.238 e. The van der Waals surface area contributed by atoms with Crippen molar-refractivity contribution in [2.45, 2.75) is 11.3 Å². The third-order valence-electron chi connectivity index (χ3n) is 1.66. The van der Waals surface area contributed by atoms with Crippen LogP contribution in [0.1, 0.15) is 5.56 Å². The van der Waals surface area contributed by atoms with Gasteiger partial charge in [0, 0.05) is 17.0 Å². The average Bonchev–Trinajstić information content (AvgIpc) is 2.07. The monoisotopic (exact) mass is 229 g/mol. The summed E-state index contributed by atoms with van der Waals surface area (Å²) < 4.78 is 22.3. The number of rotatable bonds is 2. The maximum Gasteiger partial charge on any atom is 0.238 e. The molecule has 0 bridgehead atoms. The highest BCUT2D eigenvalue weighted by atomic mass is 35.5. The van der Waals surface area contributed by atoms with Crippen molar-refractivity contribution in [3.8, 4) is 12.3 Å². The maximum absolute atomic E-state index is 11.1. The van der Waals surface area contributed by atoms with E-state index in [1.54, 1.807) is 6.07 Å². The van der Waals surface area contributed by atoms with Gasteiger partial charge in [-0.1, -0.05) is 17.7 Å². The van der Waals surface area contributed by atoms with Crippen LogP contribution in [0.4, 0.5) is 0 Å². The van der Waals surface area contributed by atoms with Gasteiger partial charge in [-0.25, -0.2) is 13.6 Å². The SMILES string of the molecule is C#CCc1c(Cl)cccc1S(N)(=O)=O. The van der Waals surface area contributed by atoms with Crippen LogP contribution in [-0.4, -0.2) is 8.42 Å². The summed E-state index contributed by atoms with van der Waals surface area (Å²) in [6.07, 6.45) is 5.24. The molecule has 0 unspecified atom stereocenters. The average molecular weight is 230 g/mol. The van der Waals surface area contributed by atoms with E-state index >= 15 is 0 Å². The van der Waals surface area contributed by atoms with Gasteiger partial charge in [-0.2, -0.15) is 0 Å². The lowest BCUT2D eigenvalue weighted by atomic mass is 10.1. The van der Waals surface area contributed by atoms with Crippen molar-refractivity contribution in [3.05, 3.63) is 28.8 Å². The molecule has 0 saturated heterocycles. The van der Waals surface area contributed by atoms with Crippen LogP contribution in [0.25, 0.3) is 0 Å². The molecule has 0 fully saturated rings. The van der Waals surface area contributed by atoms with Crippen molar-refractivity contribution >= 4 is 21.6 Å². The number of halogens is 1. The van der Waals surface area contributed by atoms with Crippen molar-refractivity contribution in [1.82, 2.24) is 0 Å². The molecular weight excluding hydrogens is 222 g/mol. The predicted molar refractivity (Wildman–Crippen MR) is 55.4 cm³/mol. The van der Waals surface area contributed by atoms with Crippen molar-refractivity contribution in [3.63, 3.8) is 0 Å². The fourth-order valence-electron chi connectivity index (χ4n) is 1.08. The first-order valence-electron chi connectivity index (χ1n) is 3.70. The Hall–Kier alpha value is -1.02. The van der Waals surface area contributed by atoms with E-state index in [-0.39, 0.29) is 11.3 Å². The Kier molecular flexibility index (Phi) is 3.17. The fraction of sp³-hybridized carbons (Fsp3) is 0.111. The molecule has 74 valence electrons. The highest BCUT2D eigenvalue weighted by Crippen LogP contribution is 2.23. The maximum atomic E-state index is 11.1. The zero-order valence-electron chi connectivity index (χ0n) is 7.20. The van der Waals surface area contributed by atoms with Crippen molar-refractivity contribution in [1.29, 1.82) is 0 Å². The Morgan fingerprint density at radius 3 is 2.64 bits per heavy atom. The minimum atomic E-state index is -3.76. The molecule has 0 aliphatic heterocycles. The van der Waals surface area contributed by atoms with Crippen LogP contribution in [0.2, 0.25) is 5.02 Å². The van der Waals surface area contributed by atoms with E-state index < -0.39 is 10.0 Å². The molecule has 1 aromatic rings. The second kappa shape index (κ2) is 4.01. The summed E-state index contributed by atoms with van der Waals surface area (Å²) in [4.78, 5) is -0.0112. The van der Waals surface area contributed by atoms with Gasteiger partial charge in [0.2, 0.25) is 10.0 Å². The van der Waals surface area contributed by atoms with Crippen LogP contribution in [0, 0.1) is 12.3 Å². The van der Waals surface area contributed by atoms with E-state index in [0.29, 0.717) is 10.6 Å². The Morgan fingerprint density at radius 1 is 1.50 bits per heavy atom. The highest BCUT2D eigenvalue weighted by Gasteiger charge is 2.15. The predicted octanol–water partition coefficient (Wildman–Crippen LogP) is 1.16. The number of sulfonamides is 1. The molecule has 5 heteroatoms. The van der Waals surface area contributed by atoms with Crippen LogP contribution in [0.15, 0.2) is 23.1 Å². The van der Waals surface area contributed by atoms with Crippen LogP contribution in [0.5, 0.6) is 0 Å². The highest BCUT2D eigenvalue weighted by molar-refractivity contribution is 7.89. The van der Waals surface area contributed by atoms with Crippen molar-refractivity contribution in [2.75, 3.05) is 0 Å². The van der Waals surface area contributed by atoms with Gasteiger partial charge in [0.15, 0.2) is 0 Å². The van der Waals surface area contributed by atoms with Gasteiger partial charge in [0.05, 0.1) is 4.90 Å². The summed E-state index contributed by atoms with van der Waals surface area (Å²) in [5.41, 5.74) is 0.374. The fourth-order valence-corrected chi connectivity index (χ4v) is 2.17. The summed E-state index contributed by atoms with van der Waals surface area (Å²) in [7, 11) is -3.76. The quantitative estimate of drug-likeness (QED) is 0.774. The molecule has 14 heavy (non-hydrogen) atoms. The minimum Gasteiger partial charge on any atom is -0.225 e. The molecule has 0 aromatic heterocycles. The molecule has 2 N–H and O–H groups in total. The Bertz CT molecular complexity index is 488. The smallest absolute Gasteiger partial charge is 0.225 e. The number of primary sulfonamides is 1. The van der Waals surface area contributed by atoms with Crippen LogP contribution < -0.4 is 5.14 Å². The molecule has 3 nitrogen and oxygen atoms in total. The van der Waals surface area contributed by atoms with Gasteiger partial charge in [0.1, 0.15) is 0 Å². The third-order valence-corrected chi connectivity index (χ3v) is 3.01. The van der Waals surface area contributed by atoms with E-state index in [1.165, 1.54) is 12.1 Å². The summed E-state index contributed by atoms with van der Waals surface area (Å²) in [6, 6.07) is 4.47. The second-order valence-corrected chi connectivity index (χ2v) is 4.58. The van der Waals surface area contributed by atoms with Gasteiger partial charge in [0.25, 0.3) is 0 Å². The molecule has 1 aromatic carbocycles. The van der Waals surface area contributed by atoms with Crippen LogP contribution in [-0.2, 0) is 16.4 Å². The lowest BCUT2D eigenvalue weighted by Crippen LogP contribution is -2.14. The van der Waals surface area contributed by atoms with E-state index in [4.69, 9.17) is 23.2 Å². The zero-order chi connectivity index (χ0) is 10.8. The Morgan fingerprint density at radius 2 is 2.14 bits per heavy atom. The molecule has 0 heterocycles. The molecule has 0 atom stereocenters. The first kappa shape index (κ1) is 11.1. The standard InChI is InChI=1S/C9H8ClNO2S/c1-2-4-7-8(10)5-3-6-9(7)14(11,12)13/h1,3,5-6H,4H2,(H2,11,12,13). The Balaban J connectivity index is 3.45. The normalized spacial score (nSPS) is 10.9. The van der Waals surface area contributed by atoms with Gasteiger partial charge < -0.3 is 0 Å². The molecule has 0 saturated carbocycles. The molecule has 1 rings (SSSR count). The van der Waals surface area contributed by atoms with E-state index in [1.807, 2.05) is 0 Å². The first-order chi connectivity index (χ1) is 6.46. The summed E-state index contributed by atoms with van der Waals surface area (Å²) >= 11 is 5.80. The Labute approximate surface area is 87.9 Å². The van der Waals surface area contributed by atoms with Crippen LogP contribution >= 0.6 is 11.6 Å². The van der Waals surface area contributed by atoms with Gasteiger partial charge in [-0.3, -0.25) is 0 Å². The molecule has 0 aliphatic carbocycles. The van der Waals surface area contributed by atoms with Crippen LogP contribution in [0.3, 0.4) is 0 Å². The first-order valence-corrected chi connectivity index (χ1v) is 5.63.